The fourth-order valence-corrected chi connectivity index (χ4v) is 2.32. The van der Waals surface area contributed by atoms with Gasteiger partial charge in [0.1, 0.15) is 0 Å². The third-order valence-electron chi connectivity index (χ3n) is 3.30. The van der Waals surface area contributed by atoms with Crippen LogP contribution in [0.5, 0.6) is 5.88 Å². The van der Waals surface area contributed by atoms with Crippen LogP contribution < -0.4 is 10.1 Å². The monoisotopic (exact) mass is 343 g/mol. The number of aromatic nitrogens is 4. The standard InChI is InChI=1S/C16H14ClN5O2/c1-24-16-15-21-20-13(22(15)9-8-18-16)10-19-14(23)7-6-11-4-2-3-5-12(11)17/h2-9H,10H2,1H3,(H,19,23)/b7-6+. The minimum atomic E-state index is -0.257. The molecule has 0 spiro atoms. The number of amides is 1. The normalized spacial score (nSPS) is 11.1. The fraction of sp³-hybridized carbons (Fsp3) is 0.125. The van der Waals surface area contributed by atoms with Gasteiger partial charge in [-0.15, -0.1) is 10.2 Å². The van der Waals surface area contributed by atoms with Gasteiger partial charge in [-0.05, 0) is 17.7 Å². The number of nitrogens with one attached hydrogen (secondary N) is 1. The molecule has 0 aliphatic carbocycles. The molecule has 0 saturated heterocycles. The van der Waals surface area contributed by atoms with Gasteiger partial charge in [0.2, 0.25) is 11.6 Å². The van der Waals surface area contributed by atoms with Gasteiger partial charge in [0.25, 0.3) is 5.88 Å². The first-order valence-corrected chi connectivity index (χ1v) is 7.50. The number of hydrogen-bond donors (Lipinski definition) is 1. The summed E-state index contributed by atoms with van der Waals surface area (Å²) in [5.74, 6) is 0.694. The van der Waals surface area contributed by atoms with Crippen LogP contribution in [0.2, 0.25) is 5.02 Å². The van der Waals surface area contributed by atoms with E-state index in [9.17, 15) is 4.79 Å². The zero-order chi connectivity index (χ0) is 16.9. The van der Waals surface area contributed by atoms with Crippen LogP contribution in [0.1, 0.15) is 11.4 Å². The highest BCUT2D eigenvalue weighted by Crippen LogP contribution is 2.16. The summed E-state index contributed by atoms with van der Waals surface area (Å²) in [5, 5.41) is 11.4. The van der Waals surface area contributed by atoms with Crippen LogP contribution in [0.25, 0.3) is 11.7 Å². The summed E-state index contributed by atoms with van der Waals surface area (Å²) in [6.07, 6.45) is 6.37. The Kier molecular flexibility index (Phi) is 4.72. The van der Waals surface area contributed by atoms with Gasteiger partial charge in [0, 0.05) is 23.5 Å². The number of halogens is 1. The highest BCUT2D eigenvalue weighted by atomic mass is 35.5. The smallest absolute Gasteiger partial charge is 0.260 e. The quantitative estimate of drug-likeness (QED) is 0.718. The fourth-order valence-electron chi connectivity index (χ4n) is 2.12. The molecule has 3 rings (SSSR count). The molecule has 0 aliphatic rings. The Morgan fingerprint density at radius 3 is 3.00 bits per heavy atom. The number of carbonyl (C=O) groups is 1. The van der Waals surface area contributed by atoms with Gasteiger partial charge in [-0.25, -0.2) is 4.98 Å². The molecule has 24 heavy (non-hydrogen) atoms. The molecule has 122 valence electrons. The van der Waals surface area contributed by atoms with Gasteiger partial charge >= 0.3 is 0 Å². The highest BCUT2D eigenvalue weighted by Gasteiger charge is 2.10. The molecule has 1 amide bonds. The number of benzene rings is 1. The lowest BCUT2D eigenvalue weighted by Gasteiger charge is -2.03. The van der Waals surface area contributed by atoms with E-state index in [1.54, 1.807) is 28.9 Å². The van der Waals surface area contributed by atoms with Crippen LogP contribution in [0.3, 0.4) is 0 Å². The zero-order valence-electron chi connectivity index (χ0n) is 12.8. The van der Waals surface area contributed by atoms with Gasteiger partial charge in [0.05, 0.1) is 13.7 Å². The van der Waals surface area contributed by atoms with Crippen molar-refractivity contribution in [2.24, 2.45) is 0 Å². The number of carbonyl (C=O) groups excluding carboxylic acids is 1. The molecular weight excluding hydrogens is 330 g/mol. The van der Waals surface area contributed by atoms with Crippen LogP contribution in [0, 0.1) is 0 Å². The van der Waals surface area contributed by atoms with Crippen LogP contribution in [-0.2, 0) is 11.3 Å². The molecule has 0 radical (unpaired) electrons. The maximum atomic E-state index is 11.9. The highest BCUT2D eigenvalue weighted by molar-refractivity contribution is 6.32. The Balaban J connectivity index is 1.68. The van der Waals surface area contributed by atoms with Gasteiger partial charge in [-0.3, -0.25) is 9.20 Å². The number of methoxy groups -OCH3 is 1. The first kappa shape index (κ1) is 15.9. The van der Waals surface area contributed by atoms with Gasteiger partial charge in [-0.2, -0.15) is 0 Å². The largest absolute Gasteiger partial charge is 0.478 e. The summed E-state index contributed by atoms with van der Waals surface area (Å²) in [5.41, 5.74) is 1.27. The number of nitrogens with zero attached hydrogens (tertiary/aromatic N) is 4. The summed E-state index contributed by atoms with van der Waals surface area (Å²) >= 11 is 6.04. The van der Waals surface area contributed by atoms with Crippen LogP contribution in [-0.4, -0.2) is 32.6 Å². The van der Waals surface area contributed by atoms with E-state index in [0.717, 1.165) is 5.56 Å². The lowest BCUT2D eigenvalue weighted by Crippen LogP contribution is -2.21. The molecule has 2 aromatic heterocycles. The molecule has 3 aromatic rings. The van der Waals surface area contributed by atoms with Crippen molar-refractivity contribution >= 4 is 29.2 Å². The van der Waals surface area contributed by atoms with Crippen molar-refractivity contribution in [2.45, 2.75) is 6.54 Å². The number of fused-ring (bicyclic) bond motifs is 1. The van der Waals surface area contributed by atoms with Crippen molar-refractivity contribution in [1.82, 2.24) is 24.9 Å². The lowest BCUT2D eigenvalue weighted by atomic mass is 10.2. The molecule has 8 heteroatoms. The summed E-state index contributed by atoms with van der Waals surface area (Å²) in [4.78, 5) is 16.0. The molecule has 0 atom stereocenters. The van der Waals surface area contributed by atoms with Crippen LogP contribution in [0.4, 0.5) is 0 Å². The van der Waals surface area contributed by atoms with Crippen molar-refractivity contribution in [2.75, 3.05) is 7.11 Å². The molecule has 1 aromatic carbocycles. The second-order valence-electron chi connectivity index (χ2n) is 4.82. The second-order valence-corrected chi connectivity index (χ2v) is 5.23. The number of hydrogen-bond acceptors (Lipinski definition) is 5. The average Bonchev–Trinajstić information content (AvgIpc) is 3.02. The van der Waals surface area contributed by atoms with E-state index in [2.05, 4.69) is 20.5 Å². The Morgan fingerprint density at radius 1 is 1.38 bits per heavy atom. The van der Waals surface area contributed by atoms with Crippen molar-refractivity contribution in [3.63, 3.8) is 0 Å². The van der Waals surface area contributed by atoms with E-state index >= 15 is 0 Å². The van der Waals surface area contributed by atoms with Gasteiger partial charge in [0.15, 0.2) is 5.82 Å². The molecule has 0 saturated carbocycles. The summed E-state index contributed by atoms with van der Waals surface area (Å²) < 4.78 is 6.83. The Hall–Kier alpha value is -2.93. The van der Waals surface area contributed by atoms with E-state index in [0.29, 0.717) is 22.4 Å². The molecule has 0 unspecified atom stereocenters. The minimum absolute atomic E-state index is 0.222. The maximum absolute atomic E-state index is 11.9. The van der Waals surface area contributed by atoms with Gasteiger partial charge in [-0.1, -0.05) is 29.8 Å². The Morgan fingerprint density at radius 2 is 2.21 bits per heavy atom. The van der Waals surface area contributed by atoms with E-state index in [1.165, 1.54) is 13.2 Å². The SMILES string of the molecule is COc1nccn2c(CNC(=O)/C=C/c3ccccc3Cl)nnc12. The Bertz CT molecular complexity index is 906. The zero-order valence-corrected chi connectivity index (χ0v) is 13.6. The average molecular weight is 344 g/mol. The molecule has 2 heterocycles. The van der Waals surface area contributed by atoms with Gasteiger partial charge < -0.3 is 10.1 Å². The molecule has 7 nitrogen and oxygen atoms in total. The number of rotatable bonds is 5. The van der Waals surface area contributed by atoms with E-state index in [-0.39, 0.29) is 12.5 Å². The molecule has 0 aliphatic heterocycles. The minimum Gasteiger partial charge on any atom is -0.478 e. The predicted octanol–water partition coefficient (Wildman–Crippen LogP) is 2.12. The van der Waals surface area contributed by atoms with Crippen molar-refractivity contribution in [3.8, 4) is 5.88 Å². The molecule has 1 N–H and O–H groups in total. The lowest BCUT2D eigenvalue weighted by molar-refractivity contribution is -0.116. The molecule has 0 fully saturated rings. The van der Waals surface area contributed by atoms with Crippen LogP contribution in [0.15, 0.2) is 42.7 Å². The third kappa shape index (κ3) is 3.36. The van der Waals surface area contributed by atoms with Crippen molar-refractivity contribution in [3.05, 3.63) is 59.1 Å². The maximum Gasteiger partial charge on any atom is 0.260 e. The van der Waals surface area contributed by atoms with E-state index in [4.69, 9.17) is 16.3 Å². The first-order chi connectivity index (χ1) is 11.7. The summed E-state index contributed by atoms with van der Waals surface area (Å²) in [6.45, 7) is 0.222. The summed E-state index contributed by atoms with van der Waals surface area (Å²) in [6, 6.07) is 7.28. The first-order valence-electron chi connectivity index (χ1n) is 7.12. The Labute approximate surface area is 142 Å². The third-order valence-corrected chi connectivity index (χ3v) is 3.64. The van der Waals surface area contributed by atoms with Crippen LogP contribution >= 0.6 is 11.6 Å². The molecule has 0 bridgehead atoms. The number of ether oxygens (including phenoxy) is 1. The summed E-state index contributed by atoms with van der Waals surface area (Å²) in [7, 11) is 1.51. The molecular formula is C16H14ClN5O2. The van der Waals surface area contributed by atoms with E-state index in [1.807, 2.05) is 18.2 Å². The predicted molar refractivity (Wildman–Crippen MR) is 89.7 cm³/mol. The van der Waals surface area contributed by atoms with E-state index < -0.39 is 0 Å². The second kappa shape index (κ2) is 7.10. The topological polar surface area (TPSA) is 81.4 Å². The van der Waals surface area contributed by atoms with Crippen molar-refractivity contribution < 1.29 is 9.53 Å². The van der Waals surface area contributed by atoms with Crippen molar-refractivity contribution in [1.29, 1.82) is 0 Å².